The maximum Gasteiger partial charge on any atom is 0.305 e. The molecule has 0 aliphatic heterocycles. The molecule has 0 unspecified atom stereocenters. The zero-order valence-corrected chi connectivity index (χ0v) is 22.0. The summed E-state index contributed by atoms with van der Waals surface area (Å²) in [6, 6.07) is 6.81. The first-order valence-electron chi connectivity index (χ1n) is 12.2. The van der Waals surface area contributed by atoms with E-state index in [2.05, 4.69) is 14.2 Å². The van der Waals surface area contributed by atoms with Crippen molar-refractivity contribution in [3.8, 4) is 0 Å². The van der Waals surface area contributed by atoms with Gasteiger partial charge in [0, 0.05) is 19.4 Å². The average Bonchev–Trinajstić information content (AvgIpc) is 2.83. The maximum absolute atomic E-state index is 12.0. The van der Waals surface area contributed by atoms with E-state index in [-0.39, 0.29) is 11.9 Å². The summed E-state index contributed by atoms with van der Waals surface area (Å²) in [5.74, 6) is -0.278. The van der Waals surface area contributed by atoms with Gasteiger partial charge in [0.05, 0.1) is 19.1 Å². The molecule has 196 valence electrons. The van der Waals surface area contributed by atoms with Crippen LogP contribution in [-0.2, 0) is 29.1 Å². The molecule has 0 heterocycles. The van der Waals surface area contributed by atoms with Gasteiger partial charge in [-0.3, -0.25) is 9.59 Å². The Morgan fingerprint density at radius 1 is 0.765 bits per heavy atom. The van der Waals surface area contributed by atoms with Gasteiger partial charge in [-0.1, -0.05) is 56.2 Å². The van der Waals surface area contributed by atoms with Crippen LogP contribution in [0.15, 0.2) is 29.2 Å². The molecule has 0 fully saturated rings. The van der Waals surface area contributed by atoms with Gasteiger partial charge in [0.15, 0.2) is 0 Å². The van der Waals surface area contributed by atoms with Crippen LogP contribution in [0.1, 0.15) is 82.6 Å². The third-order valence-electron chi connectivity index (χ3n) is 5.22. The molecular weight excluding hydrogens is 456 g/mol. The lowest BCUT2D eigenvalue weighted by molar-refractivity contribution is -0.141. The number of aryl methyl sites for hydroxylation is 1. The first kappa shape index (κ1) is 32.0. The summed E-state index contributed by atoms with van der Waals surface area (Å²) in [5, 5.41) is 0. The molecule has 0 saturated heterocycles. The fraction of sp³-hybridized carbons (Fsp3) is 0.680. The van der Waals surface area contributed by atoms with E-state index in [0.717, 1.165) is 63.5 Å². The van der Waals surface area contributed by atoms with Gasteiger partial charge in [-0.05, 0) is 51.3 Å². The van der Waals surface area contributed by atoms with Gasteiger partial charge in [-0.15, -0.1) is 0 Å². The van der Waals surface area contributed by atoms with Crippen molar-refractivity contribution < 1.29 is 27.5 Å². The number of hydrogen-bond acceptors (Lipinski definition) is 7. The second kappa shape index (κ2) is 20.4. The lowest BCUT2D eigenvalue weighted by Crippen LogP contribution is -2.24. The second-order valence-electron chi connectivity index (χ2n) is 8.19. The first-order chi connectivity index (χ1) is 16.3. The maximum atomic E-state index is 12.0. The highest BCUT2D eigenvalue weighted by atomic mass is 32.2. The van der Waals surface area contributed by atoms with Crippen LogP contribution in [0.5, 0.6) is 0 Å². The van der Waals surface area contributed by atoms with E-state index in [1.807, 2.05) is 6.92 Å². The van der Waals surface area contributed by atoms with Crippen molar-refractivity contribution in [2.45, 2.75) is 88.9 Å². The molecule has 0 aliphatic carbocycles. The largest absolute Gasteiger partial charge is 0.469 e. The minimum atomic E-state index is -3.40. The van der Waals surface area contributed by atoms with Crippen LogP contribution in [0.25, 0.3) is 0 Å². The van der Waals surface area contributed by atoms with Crippen LogP contribution in [0.2, 0.25) is 0 Å². The lowest BCUT2D eigenvalue weighted by Gasteiger charge is -2.07. The van der Waals surface area contributed by atoms with Gasteiger partial charge in [0.25, 0.3) is 0 Å². The highest BCUT2D eigenvalue weighted by Crippen LogP contribution is 2.11. The van der Waals surface area contributed by atoms with E-state index in [4.69, 9.17) is 5.73 Å². The third-order valence-corrected chi connectivity index (χ3v) is 6.70. The summed E-state index contributed by atoms with van der Waals surface area (Å²) in [6.07, 6.45) is 11.0. The highest BCUT2D eigenvalue weighted by molar-refractivity contribution is 7.89. The SMILES string of the molecule is COC(=O)CCCCCCCN.COC(=O)CCCCCCCNS(=O)(=O)c1ccc(C)cc1. The van der Waals surface area contributed by atoms with Crippen LogP contribution in [-0.4, -0.2) is 47.7 Å². The third kappa shape index (κ3) is 17.5. The number of sulfonamides is 1. The number of nitrogens with two attached hydrogens (primary N) is 1. The molecule has 1 rings (SSSR count). The highest BCUT2D eigenvalue weighted by Gasteiger charge is 2.12. The van der Waals surface area contributed by atoms with Crippen LogP contribution in [0, 0.1) is 6.92 Å². The molecule has 0 atom stereocenters. The number of benzene rings is 1. The number of ether oxygens (including phenoxy) is 2. The quantitative estimate of drug-likeness (QED) is 0.242. The van der Waals surface area contributed by atoms with Gasteiger partial charge >= 0.3 is 11.9 Å². The minimum absolute atomic E-state index is 0.103. The van der Waals surface area contributed by atoms with Crippen molar-refractivity contribution in [1.82, 2.24) is 4.72 Å². The number of esters is 2. The number of unbranched alkanes of at least 4 members (excludes halogenated alkanes) is 8. The number of hydrogen-bond donors (Lipinski definition) is 2. The Kier molecular flexibility index (Phi) is 19.2. The minimum Gasteiger partial charge on any atom is -0.469 e. The molecule has 3 N–H and O–H groups in total. The van der Waals surface area contributed by atoms with Crippen molar-refractivity contribution >= 4 is 22.0 Å². The number of rotatable bonds is 17. The van der Waals surface area contributed by atoms with E-state index in [1.165, 1.54) is 27.1 Å². The molecule has 0 aliphatic rings. The second-order valence-corrected chi connectivity index (χ2v) is 9.95. The van der Waals surface area contributed by atoms with Crippen molar-refractivity contribution in [2.24, 2.45) is 5.73 Å². The van der Waals surface area contributed by atoms with Gasteiger partial charge in [-0.25, -0.2) is 13.1 Å². The van der Waals surface area contributed by atoms with Gasteiger partial charge < -0.3 is 15.2 Å². The fourth-order valence-electron chi connectivity index (χ4n) is 3.08. The van der Waals surface area contributed by atoms with E-state index in [0.29, 0.717) is 24.3 Å². The van der Waals surface area contributed by atoms with E-state index in [9.17, 15) is 18.0 Å². The molecule has 1 aromatic carbocycles. The molecule has 0 saturated carbocycles. The van der Waals surface area contributed by atoms with Crippen LogP contribution in [0.4, 0.5) is 0 Å². The molecular formula is C25H44N2O6S. The van der Waals surface area contributed by atoms with Crippen LogP contribution >= 0.6 is 0 Å². The van der Waals surface area contributed by atoms with Crippen molar-refractivity contribution in [3.05, 3.63) is 29.8 Å². The fourth-order valence-corrected chi connectivity index (χ4v) is 4.15. The summed E-state index contributed by atoms with van der Waals surface area (Å²) >= 11 is 0. The zero-order valence-electron chi connectivity index (χ0n) is 21.1. The molecule has 8 nitrogen and oxygen atoms in total. The molecule has 0 spiro atoms. The molecule has 0 amide bonds. The first-order valence-corrected chi connectivity index (χ1v) is 13.6. The predicted molar refractivity (Wildman–Crippen MR) is 135 cm³/mol. The molecule has 0 aromatic heterocycles. The summed E-state index contributed by atoms with van der Waals surface area (Å²) in [7, 11) is -0.582. The molecule has 9 heteroatoms. The molecule has 1 aromatic rings. The summed E-state index contributed by atoms with van der Waals surface area (Å²) in [5.41, 5.74) is 6.37. The van der Waals surface area contributed by atoms with Gasteiger partial charge in [-0.2, -0.15) is 0 Å². The van der Waals surface area contributed by atoms with Crippen molar-refractivity contribution in [3.63, 3.8) is 0 Å². The van der Waals surface area contributed by atoms with Crippen LogP contribution < -0.4 is 10.5 Å². The smallest absolute Gasteiger partial charge is 0.305 e. The number of carbonyl (C=O) groups is 2. The Morgan fingerprint density at radius 2 is 1.21 bits per heavy atom. The Bertz CT molecular complexity index is 766. The number of methoxy groups -OCH3 is 2. The Hall–Kier alpha value is -1.97. The lowest BCUT2D eigenvalue weighted by atomic mass is 10.1. The Labute approximate surface area is 206 Å². The van der Waals surface area contributed by atoms with E-state index in [1.54, 1.807) is 24.3 Å². The monoisotopic (exact) mass is 500 g/mol. The summed E-state index contributed by atoms with van der Waals surface area (Å²) in [4.78, 5) is 21.9. The number of nitrogens with one attached hydrogen (secondary N) is 1. The molecule has 34 heavy (non-hydrogen) atoms. The zero-order chi connectivity index (χ0) is 25.7. The standard InChI is InChI=1S/C16H25NO4S.C9H19NO2/c1-14-9-11-15(12-10-14)22(19,20)17-13-7-5-3-4-6-8-16(18)21-2;1-12-9(11)7-5-3-2-4-6-8-10/h9-12,17H,3-8,13H2,1-2H3;2-8,10H2,1H3. The molecule has 0 radical (unpaired) electrons. The summed E-state index contributed by atoms with van der Waals surface area (Å²) < 4.78 is 35.7. The topological polar surface area (TPSA) is 125 Å². The number of carbonyl (C=O) groups excluding carboxylic acids is 2. The van der Waals surface area contributed by atoms with Crippen molar-refractivity contribution in [2.75, 3.05) is 27.3 Å². The van der Waals surface area contributed by atoms with E-state index < -0.39 is 10.0 Å². The molecule has 0 bridgehead atoms. The average molecular weight is 501 g/mol. The van der Waals surface area contributed by atoms with Crippen molar-refractivity contribution in [1.29, 1.82) is 0 Å². The normalized spacial score (nSPS) is 10.8. The Balaban J connectivity index is 0.000000770. The summed E-state index contributed by atoms with van der Waals surface area (Å²) in [6.45, 7) is 3.13. The Morgan fingerprint density at radius 3 is 1.68 bits per heavy atom. The van der Waals surface area contributed by atoms with Crippen LogP contribution in [0.3, 0.4) is 0 Å². The predicted octanol–water partition coefficient (Wildman–Crippen LogP) is 4.25. The van der Waals surface area contributed by atoms with E-state index >= 15 is 0 Å². The van der Waals surface area contributed by atoms with Gasteiger partial charge in [0.2, 0.25) is 10.0 Å². The van der Waals surface area contributed by atoms with Gasteiger partial charge in [0.1, 0.15) is 0 Å².